The van der Waals surface area contributed by atoms with Gasteiger partial charge >= 0.3 is 0 Å². The molecule has 0 aliphatic carbocycles. The Bertz CT molecular complexity index is 1130. The van der Waals surface area contributed by atoms with Gasteiger partial charge in [-0.05, 0) is 41.5 Å². The van der Waals surface area contributed by atoms with E-state index in [1.807, 2.05) is 61.5 Å². The minimum Gasteiger partial charge on any atom is -0.336 e. The molecule has 0 unspecified atom stereocenters. The molecule has 1 amide bonds. The maximum absolute atomic E-state index is 13.1. The number of hydrogen-bond donors (Lipinski definition) is 0. The van der Waals surface area contributed by atoms with Crippen LogP contribution in [0.2, 0.25) is 0 Å². The second kappa shape index (κ2) is 7.37. The number of nitrogens with zero attached hydrogens (tertiary/aromatic N) is 2. The molecule has 28 heavy (non-hydrogen) atoms. The Kier molecular flexibility index (Phi) is 4.91. The largest absolute Gasteiger partial charge is 0.336 e. The third-order valence-electron chi connectivity index (χ3n) is 5.26. The monoisotopic (exact) mass is 394 g/mol. The molecule has 4 rings (SSSR count). The van der Waals surface area contributed by atoms with Crippen LogP contribution in [0.5, 0.6) is 0 Å². The van der Waals surface area contributed by atoms with E-state index in [4.69, 9.17) is 0 Å². The molecular weight excluding hydrogens is 372 g/mol. The van der Waals surface area contributed by atoms with Crippen LogP contribution in [0.4, 0.5) is 0 Å². The standard InChI is InChI=1S/C22H22N2O3S/c1-17-6-2-5-9-21(17)22(25)23-12-14-24(15-13-23)28(26,27)20-11-10-18-7-3-4-8-19(18)16-20/h2-11,16H,12-15H2,1H3. The average Bonchev–Trinajstić information content (AvgIpc) is 2.73. The van der Waals surface area contributed by atoms with Gasteiger partial charge in [0.15, 0.2) is 0 Å². The van der Waals surface area contributed by atoms with Gasteiger partial charge in [0.1, 0.15) is 0 Å². The van der Waals surface area contributed by atoms with Crippen molar-refractivity contribution in [2.45, 2.75) is 11.8 Å². The number of carbonyl (C=O) groups is 1. The first-order valence-electron chi connectivity index (χ1n) is 9.31. The highest BCUT2D eigenvalue weighted by Gasteiger charge is 2.30. The second-order valence-electron chi connectivity index (χ2n) is 7.02. The number of amides is 1. The van der Waals surface area contributed by atoms with E-state index < -0.39 is 10.0 Å². The van der Waals surface area contributed by atoms with Crippen molar-refractivity contribution >= 4 is 26.7 Å². The van der Waals surface area contributed by atoms with Crippen LogP contribution in [0.1, 0.15) is 15.9 Å². The smallest absolute Gasteiger partial charge is 0.254 e. The van der Waals surface area contributed by atoms with E-state index >= 15 is 0 Å². The summed E-state index contributed by atoms with van der Waals surface area (Å²) in [6.45, 7) is 3.28. The topological polar surface area (TPSA) is 57.7 Å². The highest BCUT2D eigenvalue weighted by molar-refractivity contribution is 7.89. The molecule has 3 aromatic rings. The third-order valence-corrected chi connectivity index (χ3v) is 7.15. The van der Waals surface area contributed by atoms with Gasteiger partial charge < -0.3 is 4.90 Å². The summed E-state index contributed by atoms with van der Waals surface area (Å²) in [5, 5.41) is 1.91. The van der Waals surface area contributed by atoms with Crippen LogP contribution in [0, 0.1) is 6.92 Å². The molecule has 0 aromatic heterocycles. The molecule has 0 N–H and O–H groups in total. The van der Waals surface area contributed by atoms with Crippen molar-refractivity contribution in [2.24, 2.45) is 0 Å². The number of aryl methyl sites for hydroxylation is 1. The Hall–Kier alpha value is -2.70. The van der Waals surface area contributed by atoms with Crippen molar-refractivity contribution in [2.75, 3.05) is 26.2 Å². The first-order chi connectivity index (χ1) is 13.5. The molecule has 0 bridgehead atoms. The Labute approximate surface area is 165 Å². The molecule has 1 fully saturated rings. The zero-order valence-corrected chi connectivity index (χ0v) is 16.5. The molecule has 3 aromatic carbocycles. The summed E-state index contributed by atoms with van der Waals surface area (Å²) in [4.78, 5) is 14.8. The second-order valence-corrected chi connectivity index (χ2v) is 8.96. The molecule has 0 saturated carbocycles. The number of rotatable bonds is 3. The Morgan fingerprint density at radius 2 is 1.46 bits per heavy atom. The van der Waals surface area contributed by atoms with E-state index in [1.54, 1.807) is 17.0 Å². The fourth-order valence-corrected chi connectivity index (χ4v) is 5.05. The summed E-state index contributed by atoms with van der Waals surface area (Å²) >= 11 is 0. The van der Waals surface area contributed by atoms with Gasteiger partial charge in [-0.1, -0.05) is 48.5 Å². The van der Waals surface area contributed by atoms with Crippen LogP contribution in [0.25, 0.3) is 10.8 Å². The quantitative estimate of drug-likeness (QED) is 0.685. The van der Waals surface area contributed by atoms with Gasteiger partial charge in [0.2, 0.25) is 10.0 Å². The van der Waals surface area contributed by atoms with Gasteiger partial charge in [-0.3, -0.25) is 4.79 Å². The molecule has 0 atom stereocenters. The van der Waals surface area contributed by atoms with Crippen LogP contribution in [-0.4, -0.2) is 49.7 Å². The lowest BCUT2D eigenvalue weighted by atomic mass is 10.1. The summed E-state index contributed by atoms with van der Waals surface area (Å²) in [5.41, 5.74) is 1.60. The molecule has 0 radical (unpaired) electrons. The highest BCUT2D eigenvalue weighted by Crippen LogP contribution is 2.23. The molecule has 144 valence electrons. The lowest BCUT2D eigenvalue weighted by Crippen LogP contribution is -2.50. The predicted octanol–water partition coefficient (Wildman–Crippen LogP) is 3.29. The van der Waals surface area contributed by atoms with Gasteiger partial charge in [0, 0.05) is 31.7 Å². The lowest BCUT2D eigenvalue weighted by molar-refractivity contribution is 0.0697. The summed E-state index contributed by atoms with van der Waals surface area (Å²) in [5.74, 6) is -0.0409. The molecule has 6 heteroatoms. The van der Waals surface area contributed by atoms with Crippen molar-refractivity contribution in [3.63, 3.8) is 0 Å². The van der Waals surface area contributed by atoms with Gasteiger partial charge in [0.25, 0.3) is 5.91 Å². The predicted molar refractivity (Wildman–Crippen MR) is 110 cm³/mol. The molecule has 1 saturated heterocycles. The average molecular weight is 394 g/mol. The van der Waals surface area contributed by atoms with E-state index in [1.165, 1.54) is 4.31 Å². The molecular formula is C22H22N2O3S. The minimum atomic E-state index is -3.58. The van der Waals surface area contributed by atoms with E-state index in [0.29, 0.717) is 36.6 Å². The zero-order chi connectivity index (χ0) is 19.7. The van der Waals surface area contributed by atoms with E-state index in [9.17, 15) is 13.2 Å². The van der Waals surface area contributed by atoms with Gasteiger partial charge in [-0.15, -0.1) is 0 Å². The first-order valence-corrected chi connectivity index (χ1v) is 10.7. The third kappa shape index (κ3) is 3.41. The van der Waals surface area contributed by atoms with Gasteiger partial charge in [-0.2, -0.15) is 4.31 Å². The van der Waals surface area contributed by atoms with Gasteiger partial charge in [-0.25, -0.2) is 8.42 Å². The summed E-state index contributed by atoms with van der Waals surface area (Å²) in [6.07, 6.45) is 0. The number of sulfonamides is 1. The molecule has 5 nitrogen and oxygen atoms in total. The van der Waals surface area contributed by atoms with Crippen molar-refractivity contribution in [1.82, 2.24) is 9.21 Å². The number of piperazine rings is 1. The molecule has 1 aliphatic heterocycles. The Balaban J connectivity index is 1.50. The fraction of sp³-hybridized carbons (Fsp3) is 0.227. The van der Waals surface area contributed by atoms with Crippen molar-refractivity contribution in [3.8, 4) is 0 Å². The number of fused-ring (bicyclic) bond motifs is 1. The zero-order valence-electron chi connectivity index (χ0n) is 15.7. The van der Waals surface area contributed by atoms with Crippen LogP contribution in [-0.2, 0) is 10.0 Å². The number of benzene rings is 3. The molecule has 1 heterocycles. The summed E-state index contributed by atoms with van der Waals surface area (Å²) in [7, 11) is -3.58. The summed E-state index contributed by atoms with van der Waals surface area (Å²) in [6, 6.07) is 20.4. The number of carbonyl (C=O) groups excluding carboxylic acids is 1. The lowest BCUT2D eigenvalue weighted by Gasteiger charge is -2.34. The SMILES string of the molecule is Cc1ccccc1C(=O)N1CCN(S(=O)(=O)c2ccc3ccccc3c2)CC1. The normalized spacial score (nSPS) is 15.7. The number of hydrogen-bond acceptors (Lipinski definition) is 3. The van der Waals surface area contributed by atoms with Crippen LogP contribution in [0.3, 0.4) is 0 Å². The highest BCUT2D eigenvalue weighted by atomic mass is 32.2. The Morgan fingerprint density at radius 1 is 0.821 bits per heavy atom. The van der Waals surface area contributed by atoms with E-state index in [0.717, 1.165) is 16.3 Å². The van der Waals surface area contributed by atoms with Crippen LogP contribution < -0.4 is 0 Å². The van der Waals surface area contributed by atoms with Crippen LogP contribution >= 0.6 is 0 Å². The van der Waals surface area contributed by atoms with Crippen molar-refractivity contribution in [3.05, 3.63) is 77.9 Å². The molecule has 1 aliphatic rings. The maximum atomic E-state index is 13.1. The fourth-order valence-electron chi connectivity index (χ4n) is 3.59. The maximum Gasteiger partial charge on any atom is 0.254 e. The van der Waals surface area contributed by atoms with Crippen molar-refractivity contribution in [1.29, 1.82) is 0 Å². The van der Waals surface area contributed by atoms with Gasteiger partial charge in [0.05, 0.1) is 4.90 Å². The Morgan fingerprint density at radius 3 is 2.18 bits per heavy atom. The van der Waals surface area contributed by atoms with E-state index in [-0.39, 0.29) is 5.91 Å². The first kappa shape index (κ1) is 18.7. The van der Waals surface area contributed by atoms with E-state index in [2.05, 4.69) is 0 Å². The summed E-state index contributed by atoms with van der Waals surface area (Å²) < 4.78 is 27.6. The van der Waals surface area contributed by atoms with Crippen LogP contribution in [0.15, 0.2) is 71.6 Å². The molecule has 0 spiro atoms. The van der Waals surface area contributed by atoms with Crippen molar-refractivity contribution < 1.29 is 13.2 Å². The minimum absolute atomic E-state index is 0.0409.